The molecule has 0 unspecified atom stereocenters. The van der Waals surface area contributed by atoms with Gasteiger partial charge in [0.2, 0.25) is 0 Å². The Morgan fingerprint density at radius 3 is 2.49 bits per heavy atom. The summed E-state index contributed by atoms with van der Waals surface area (Å²) < 4.78 is 13.4. The molecule has 7 N–H and O–H groups in total. The van der Waals surface area contributed by atoms with Gasteiger partial charge < -0.3 is 40.5 Å². The van der Waals surface area contributed by atoms with Crippen LogP contribution in [0.15, 0.2) is 65.0 Å². The number of fused-ring (bicyclic) bond motifs is 9. The zero-order chi connectivity index (χ0) is 45.8. The number of rotatable bonds is 6. The van der Waals surface area contributed by atoms with Crippen molar-refractivity contribution in [2.45, 2.75) is 152 Å². The van der Waals surface area contributed by atoms with Crippen LogP contribution in [0.2, 0.25) is 0 Å². The Hall–Kier alpha value is -4.88. The summed E-state index contributed by atoms with van der Waals surface area (Å²) in [5.74, 6) is 10.7. The number of aliphatic hydroxyl groups excluding tert-OH is 3. The Morgan fingerprint density at radius 2 is 1.72 bits per heavy atom. The summed E-state index contributed by atoms with van der Waals surface area (Å²) in [6.45, 7) is 3.37. The van der Waals surface area contributed by atoms with E-state index in [1.54, 1.807) is 6.07 Å². The van der Waals surface area contributed by atoms with E-state index in [4.69, 9.17) is 20.2 Å². The second kappa shape index (κ2) is 16.4. The van der Waals surface area contributed by atoms with Crippen molar-refractivity contribution in [1.82, 2.24) is 10.2 Å². The van der Waals surface area contributed by atoms with Crippen molar-refractivity contribution in [3.05, 3.63) is 87.8 Å². The zero-order valence-electron chi connectivity index (χ0n) is 38.6. The monoisotopic (exact) mass is 904 g/mol. The van der Waals surface area contributed by atoms with Crippen molar-refractivity contribution < 1.29 is 34.7 Å². The van der Waals surface area contributed by atoms with E-state index in [0.29, 0.717) is 30.2 Å². The molecule has 0 saturated heterocycles. The number of phenols is 1. The zero-order valence-corrected chi connectivity index (χ0v) is 38.6. The van der Waals surface area contributed by atoms with E-state index in [1.165, 1.54) is 61.3 Å². The Labute approximate surface area is 394 Å². The van der Waals surface area contributed by atoms with Crippen molar-refractivity contribution in [1.29, 1.82) is 0 Å². The van der Waals surface area contributed by atoms with Crippen LogP contribution in [0.25, 0.3) is 0 Å². The van der Waals surface area contributed by atoms with Gasteiger partial charge in [0.15, 0.2) is 17.7 Å². The van der Waals surface area contributed by atoms with Gasteiger partial charge in [-0.1, -0.05) is 87.5 Å². The Balaban J connectivity index is 0.955. The standard InChI is InChI=1S/C56H64N4O7/c1-32-8-11-35(45(64)24-32)46(65)26-34(61)10-9-33-25-48-47(27-44(33)63)66-23-22-54(16-2-3-17-54)40-14-15-43(62)36-12-13-37-49-41(29-59-52(37)57)55(18-4-5-19-55)56(20-6-7-21-56)51(50(36)49)38-28-58-42-31-60(30-39(38)42)53(40)67-48/h8,11-13,25,27-28,30,32,35,40-41,43,45-46,51-53,59,62-65H,2-7,9-10,16-21,24,26,29,31,57H2,1H3/t32-,35+,40+,41-,43+,45-,46-,51+,52+,53+/m0/s1. The Bertz CT molecular complexity index is 2640. The number of allylic oxidation sites excluding steroid dienone is 2. The average molecular weight is 905 g/mol. The highest BCUT2D eigenvalue weighted by atomic mass is 16.5. The fraction of sp³-hybridized carbons (Fsp3) is 0.571. The lowest BCUT2D eigenvalue weighted by atomic mass is 9.42. The SMILES string of the molecule is C[C@H]1C=C[C@@H]([C@@H](O)CC(=O)CCc2cc3c(cc2O)OC#CC2(CCCC2)[C@@H]2C#C[C@@H](O)c4ccc5c6c4[C@@H](C4=CN=C7CN(C=C47)[C@@H]2O3)C2(CCCC2)C2(CCCC2)[C@H]6CN[C@H]5N)[C@@H](O)C1. The molecule has 12 rings (SSSR count). The molecule has 350 valence electrons. The molecule has 10 atom stereocenters. The van der Waals surface area contributed by atoms with Crippen LogP contribution in [0.5, 0.6) is 17.2 Å². The van der Waals surface area contributed by atoms with Gasteiger partial charge in [0.05, 0.1) is 42.0 Å². The smallest absolute Gasteiger partial charge is 0.187 e. The van der Waals surface area contributed by atoms with Crippen LogP contribution >= 0.6 is 0 Å². The van der Waals surface area contributed by atoms with Gasteiger partial charge in [0, 0.05) is 61.2 Å². The van der Waals surface area contributed by atoms with Crippen LogP contribution in [0.3, 0.4) is 0 Å². The van der Waals surface area contributed by atoms with Gasteiger partial charge in [-0.15, -0.1) is 0 Å². The second-order valence-electron chi connectivity index (χ2n) is 21.9. The van der Waals surface area contributed by atoms with E-state index < -0.39 is 41.8 Å². The average Bonchev–Trinajstić information content (AvgIpc) is 4.17. The summed E-state index contributed by atoms with van der Waals surface area (Å²) in [6.07, 6.45) is 21.3. The number of hydrogen-bond acceptors (Lipinski definition) is 11. The number of phenolic OH excluding ortho intramolecular Hbond substituents is 1. The summed E-state index contributed by atoms with van der Waals surface area (Å²) in [5, 5.41) is 49.5. The number of aliphatic hydroxyl groups is 3. The molecule has 67 heavy (non-hydrogen) atoms. The van der Waals surface area contributed by atoms with E-state index in [9.17, 15) is 25.2 Å². The largest absolute Gasteiger partial charge is 0.508 e. The van der Waals surface area contributed by atoms with Crippen LogP contribution in [0.4, 0.5) is 0 Å². The van der Waals surface area contributed by atoms with Crippen LogP contribution < -0.4 is 20.5 Å². The predicted octanol–water partition coefficient (Wildman–Crippen LogP) is 7.60. The summed E-state index contributed by atoms with van der Waals surface area (Å²) in [5.41, 5.74) is 14.9. The van der Waals surface area contributed by atoms with Crippen LogP contribution in [-0.4, -0.2) is 68.3 Å². The molecule has 2 bridgehead atoms. The fourth-order valence-corrected chi connectivity index (χ4v) is 15.4. The molecule has 0 amide bonds. The minimum absolute atomic E-state index is 0.0122. The number of nitrogens with zero attached hydrogens (tertiary/aromatic N) is 2. The van der Waals surface area contributed by atoms with Crippen LogP contribution in [-0.2, 0) is 11.2 Å². The molecule has 2 aromatic rings. The van der Waals surface area contributed by atoms with Crippen molar-refractivity contribution in [3.8, 4) is 41.1 Å². The topological polar surface area (TPSA) is 170 Å². The summed E-state index contributed by atoms with van der Waals surface area (Å²) in [6, 6.07) is 7.55. The number of carbonyl (C=O) groups excluding carboxylic acids is 1. The molecule has 2 aromatic carbocycles. The number of nitrogens with one attached hydrogen (secondary N) is 1. The molecule has 0 aromatic heterocycles. The quantitative estimate of drug-likeness (QED) is 0.125. The number of nitrogens with two attached hydrogens (primary N) is 1. The number of carbonyl (C=O) groups is 1. The number of aliphatic imine (C=N–C) groups is 1. The first-order chi connectivity index (χ1) is 32.5. The van der Waals surface area contributed by atoms with Crippen molar-refractivity contribution in [2.24, 2.45) is 44.7 Å². The van der Waals surface area contributed by atoms with E-state index in [-0.39, 0.29) is 65.4 Å². The molecule has 10 aliphatic rings. The molecular formula is C56H64N4O7. The number of aryl methyl sites for hydroxylation is 1. The number of hydrogen-bond donors (Lipinski definition) is 6. The molecule has 0 radical (unpaired) electrons. The lowest BCUT2D eigenvalue weighted by Gasteiger charge is -2.62. The normalized spacial score (nSPS) is 33.4. The van der Waals surface area contributed by atoms with Gasteiger partial charge >= 0.3 is 0 Å². The molecule has 5 aliphatic carbocycles. The molecule has 5 heterocycles. The predicted molar refractivity (Wildman–Crippen MR) is 253 cm³/mol. The highest BCUT2D eigenvalue weighted by molar-refractivity contribution is 6.10. The van der Waals surface area contributed by atoms with Crippen molar-refractivity contribution in [2.75, 3.05) is 13.1 Å². The van der Waals surface area contributed by atoms with Gasteiger partial charge in [0.25, 0.3) is 0 Å². The maximum absolute atomic E-state index is 13.3. The van der Waals surface area contributed by atoms with Crippen LogP contribution in [0.1, 0.15) is 155 Å². The minimum atomic E-state index is -1.07. The Kier molecular flexibility index (Phi) is 10.6. The first kappa shape index (κ1) is 43.4. The van der Waals surface area contributed by atoms with Gasteiger partial charge in [-0.05, 0) is 108 Å². The maximum atomic E-state index is 13.3. The molecule has 3 saturated carbocycles. The number of Topliss-reactive ketones (excluding diaryl/α,β-unsaturated/α-hetero) is 1. The van der Waals surface area contributed by atoms with Gasteiger partial charge in [-0.25, -0.2) is 0 Å². The number of aromatic hydroxyl groups is 1. The van der Waals surface area contributed by atoms with E-state index in [1.807, 2.05) is 19.1 Å². The molecule has 3 fully saturated rings. The molecular weight excluding hydrogens is 841 g/mol. The lowest BCUT2D eigenvalue weighted by molar-refractivity contribution is -0.122. The third kappa shape index (κ3) is 6.73. The number of benzene rings is 2. The fourth-order valence-electron chi connectivity index (χ4n) is 15.4. The molecule has 11 nitrogen and oxygen atoms in total. The van der Waals surface area contributed by atoms with Crippen molar-refractivity contribution in [3.63, 3.8) is 0 Å². The number of ketones is 1. The van der Waals surface area contributed by atoms with E-state index in [2.05, 4.69) is 58.6 Å². The Morgan fingerprint density at radius 1 is 0.970 bits per heavy atom. The van der Waals surface area contributed by atoms with E-state index in [0.717, 1.165) is 67.5 Å². The molecule has 5 aliphatic heterocycles. The summed E-state index contributed by atoms with van der Waals surface area (Å²) >= 11 is 0. The third-order valence-electron chi connectivity index (χ3n) is 18.5. The second-order valence-corrected chi connectivity index (χ2v) is 21.9. The highest BCUT2D eigenvalue weighted by Crippen LogP contribution is 2.75. The summed E-state index contributed by atoms with van der Waals surface area (Å²) in [7, 11) is 0. The van der Waals surface area contributed by atoms with Gasteiger partial charge in [-0.3, -0.25) is 15.1 Å². The van der Waals surface area contributed by atoms with Gasteiger partial charge in [-0.2, -0.15) is 0 Å². The first-order valence-electron chi connectivity index (χ1n) is 25.4. The lowest BCUT2D eigenvalue weighted by Crippen LogP contribution is -2.56. The number of ether oxygens (including phenoxy) is 2. The third-order valence-corrected chi connectivity index (χ3v) is 18.5. The maximum Gasteiger partial charge on any atom is 0.187 e. The molecule has 3 spiro atoms. The van der Waals surface area contributed by atoms with Crippen molar-refractivity contribution >= 4 is 11.5 Å². The first-order valence-corrected chi connectivity index (χ1v) is 25.4. The highest BCUT2D eigenvalue weighted by Gasteiger charge is 2.66. The van der Waals surface area contributed by atoms with E-state index >= 15 is 0 Å². The minimum Gasteiger partial charge on any atom is -0.508 e. The summed E-state index contributed by atoms with van der Waals surface area (Å²) in [4.78, 5) is 20.9. The van der Waals surface area contributed by atoms with Crippen LogP contribution in [0, 0.1) is 57.9 Å². The molecule has 11 heteroatoms. The van der Waals surface area contributed by atoms with Gasteiger partial charge in [0.1, 0.15) is 23.7 Å².